The van der Waals surface area contributed by atoms with Crippen LogP contribution in [-0.2, 0) is 9.59 Å². The average molecular weight is 805 g/mol. The maximum atomic E-state index is 13.7. The Morgan fingerprint density at radius 2 is 1.38 bits per heavy atom. The highest BCUT2D eigenvalue weighted by atomic mass is 35.5. The maximum absolute atomic E-state index is 13.7. The van der Waals surface area contributed by atoms with Crippen molar-refractivity contribution in [3.8, 4) is 11.3 Å². The third-order valence-electron chi connectivity index (χ3n) is 7.47. The summed E-state index contributed by atoms with van der Waals surface area (Å²) in [5.74, 6) is -1.33. The number of hydrogen-bond acceptors (Lipinski definition) is 6. The predicted molar refractivity (Wildman–Crippen MR) is 215 cm³/mol. The Labute approximate surface area is 328 Å². The zero-order chi connectivity index (χ0) is 36.6. The number of carbonyl (C=O) groups is 3. The number of carbonyl (C=O) groups excluding carboxylic acids is 3. The molecule has 7 nitrogen and oxygen atoms in total. The second kappa shape index (κ2) is 17.3. The third kappa shape index (κ3) is 9.43. The molecule has 0 aliphatic rings. The first-order valence-electron chi connectivity index (χ1n) is 15.5. The highest BCUT2D eigenvalue weighted by Crippen LogP contribution is 2.38. The second-order valence-electron chi connectivity index (χ2n) is 11.1. The molecule has 1 heterocycles. The molecule has 13 heteroatoms. The van der Waals surface area contributed by atoms with Crippen LogP contribution >= 0.6 is 69.5 Å². The molecule has 5 aromatic carbocycles. The highest BCUT2D eigenvalue weighted by Gasteiger charge is 2.24. The fourth-order valence-electron chi connectivity index (χ4n) is 4.88. The van der Waals surface area contributed by atoms with Gasteiger partial charge in [-0.05, 0) is 72.3 Å². The van der Waals surface area contributed by atoms with Crippen molar-refractivity contribution in [1.29, 1.82) is 0 Å². The summed E-state index contributed by atoms with van der Waals surface area (Å²) in [6.45, 7) is 0. The highest BCUT2D eigenvalue weighted by molar-refractivity contribution is 8.00. The van der Waals surface area contributed by atoms with Gasteiger partial charge in [-0.3, -0.25) is 14.4 Å². The number of nitrogens with one attached hydrogen (secondary N) is 3. The minimum Gasteiger partial charge on any atom is -0.321 e. The summed E-state index contributed by atoms with van der Waals surface area (Å²) in [7, 11) is 0. The van der Waals surface area contributed by atoms with Crippen LogP contribution in [-0.4, -0.2) is 22.7 Å². The largest absolute Gasteiger partial charge is 0.321 e. The number of halogens is 4. The molecule has 0 saturated carbocycles. The Morgan fingerprint density at radius 1 is 0.712 bits per heavy atom. The molecule has 1 unspecified atom stereocenters. The number of aromatic nitrogens is 1. The molecular weight excluding hydrogens is 778 g/mol. The van der Waals surface area contributed by atoms with Gasteiger partial charge in [-0.25, -0.2) is 4.98 Å². The summed E-state index contributed by atoms with van der Waals surface area (Å²) in [5.41, 5.74) is 3.38. The van der Waals surface area contributed by atoms with Crippen LogP contribution in [0.25, 0.3) is 17.3 Å². The van der Waals surface area contributed by atoms with Crippen LogP contribution in [0, 0.1) is 0 Å². The van der Waals surface area contributed by atoms with E-state index in [1.54, 1.807) is 84.9 Å². The van der Waals surface area contributed by atoms with Crippen LogP contribution in [0.2, 0.25) is 20.1 Å². The lowest BCUT2D eigenvalue weighted by Gasteiger charge is -2.17. The number of thioether (sulfide) groups is 1. The minimum atomic E-state index is -0.623. The summed E-state index contributed by atoms with van der Waals surface area (Å²) in [5, 5.41) is 11.6. The first kappa shape index (κ1) is 37.2. The molecule has 0 fully saturated rings. The smallest absolute Gasteiger partial charge is 0.272 e. The molecule has 1 atom stereocenters. The summed E-state index contributed by atoms with van der Waals surface area (Å²) in [4.78, 5) is 45.7. The zero-order valence-electron chi connectivity index (χ0n) is 26.8. The Hall–Kier alpha value is -4.61. The van der Waals surface area contributed by atoms with Gasteiger partial charge in [0.2, 0.25) is 5.91 Å². The molecule has 6 aromatic rings. The quantitative estimate of drug-likeness (QED) is 0.0894. The summed E-state index contributed by atoms with van der Waals surface area (Å²) in [6.07, 6.45) is 1.43. The number of benzene rings is 5. The van der Waals surface area contributed by atoms with Crippen molar-refractivity contribution in [3.05, 3.63) is 169 Å². The third-order valence-corrected chi connectivity index (χ3v) is 10.9. The van der Waals surface area contributed by atoms with E-state index in [9.17, 15) is 14.4 Å². The van der Waals surface area contributed by atoms with Crippen molar-refractivity contribution in [2.24, 2.45) is 0 Å². The van der Waals surface area contributed by atoms with Gasteiger partial charge in [-0.1, -0.05) is 107 Å². The van der Waals surface area contributed by atoms with Gasteiger partial charge in [0, 0.05) is 42.7 Å². The SMILES string of the molecule is O=C(Nc1ccc(SC(C(=O)Nc2nc(-c3ccc(Cl)c(Cl)c3)cs2)c2ccccc2)cc1)/C(=C/c1c(Cl)cccc1Cl)NC(=O)c1ccccc1. The van der Waals surface area contributed by atoms with E-state index in [1.165, 1.54) is 29.2 Å². The molecule has 1 aromatic heterocycles. The topological polar surface area (TPSA) is 100 Å². The lowest BCUT2D eigenvalue weighted by molar-refractivity contribution is -0.116. The molecule has 0 aliphatic heterocycles. The first-order valence-corrected chi connectivity index (χ1v) is 18.8. The van der Waals surface area contributed by atoms with E-state index in [-0.39, 0.29) is 11.6 Å². The number of hydrogen-bond donors (Lipinski definition) is 3. The fourth-order valence-corrected chi connectivity index (χ4v) is 7.43. The van der Waals surface area contributed by atoms with Gasteiger partial charge >= 0.3 is 0 Å². The van der Waals surface area contributed by atoms with Crippen LogP contribution < -0.4 is 16.0 Å². The molecule has 3 amide bonds. The van der Waals surface area contributed by atoms with E-state index < -0.39 is 17.1 Å². The van der Waals surface area contributed by atoms with E-state index >= 15 is 0 Å². The molecule has 0 aliphatic carbocycles. The monoisotopic (exact) mass is 802 g/mol. The van der Waals surface area contributed by atoms with Gasteiger partial charge in [0.25, 0.3) is 11.8 Å². The van der Waals surface area contributed by atoms with Crippen molar-refractivity contribution in [3.63, 3.8) is 0 Å². The van der Waals surface area contributed by atoms with E-state index in [2.05, 4.69) is 20.9 Å². The summed E-state index contributed by atoms with van der Waals surface area (Å²) < 4.78 is 0. The van der Waals surface area contributed by atoms with Crippen molar-refractivity contribution < 1.29 is 14.4 Å². The molecular formula is C39H26Cl4N4O3S2. The molecule has 0 spiro atoms. The zero-order valence-corrected chi connectivity index (χ0v) is 31.4. The van der Waals surface area contributed by atoms with Gasteiger partial charge in [-0.2, -0.15) is 0 Å². The van der Waals surface area contributed by atoms with Crippen molar-refractivity contribution in [1.82, 2.24) is 10.3 Å². The molecule has 3 N–H and O–H groups in total. The van der Waals surface area contributed by atoms with Crippen molar-refractivity contribution in [2.75, 3.05) is 10.6 Å². The van der Waals surface area contributed by atoms with E-state index in [0.717, 1.165) is 16.0 Å². The normalized spacial score (nSPS) is 11.8. The lowest BCUT2D eigenvalue weighted by Crippen LogP contribution is -2.30. The van der Waals surface area contributed by atoms with Gasteiger partial charge in [-0.15, -0.1) is 23.1 Å². The number of thiazole rings is 1. The summed E-state index contributed by atoms with van der Waals surface area (Å²) >= 11 is 27.7. The molecule has 6 rings (SSSR count). The van der Waals surface area contributed by atoms with E-state index in [4.69, 9.17) is 46.4 Å². The molecule has 260 valence electrons. The Bertz CT molecular complexity index is 2250. The average Bonchev–Trinajstić information content (AvgIpc) is 3.62. The van der Waals surface area contributed by atoms with Gasteiger partial charge < -0.3 is 16.0 Å². The predicted octanol–water partition coefficient (Wildman–Crippen LogP) is 11.3. The Balaban J connectivity index is 1.18. The fraction of sp³-hybridized carbons (Fsp3) is 0.0256. The number of anilines is 2. The maximum Gasteiger partial charge on any atom is 0.272 e. The number of nitrogens with zero attached hydrogens (tertiary/aromatic N) is 1. The van der Waals surface area contributed by atoms with Crippen LogP contribution in [0.15, 0.2) is 137 Å². The van der Waals surface area contributed by atoms with Crippen LogP contribution in [0.3, 0.4) is 0 Å². The van der Waals surface area contributed by atoms with Gasteiger partial charge in [0.05, 0.1) is 15.7 Å². The van der Waals surface area contributed by atoms with E-state index in [0.29, 0.717) is 47.7 Å². The van der Waals surface area contributed by atoms with Crippen LogP contribution in [0.5, 0.6) is 0 Å². The Morgan fingerprint density at radius 3 is 2.06 bits per heavy atom. The number of amides is 3. The standard InChI is InChI=1S/C39H26Cl4N4O3S2/c40-29-12-7-13-30(41)28(29)21-33(45-36(48)24-10-5-2-6-11-24)37(49)44-26-15-17-27(18-16-26)52-35(23-8-3-1-4-9-23)38(50)47-39-46-34(22-51-39)25-14-19-31(42)32(43)20-25/h1-22,35H,(H,44,49)(H,45,48)(H,46,47,50)/b33-21-. The summed E-state index contributed by atoms with van der Waals surface area (Å²) in [6, 6.07) is 35.1. The molecule has 0 bridgehead atoms. The van der Waals surface area contributed by atoms with Gasteiger partial charge in [0.15, 0.2) is 5.13 Å². The van der Waals surface area contributed by atoms with Crippen molar-refractivity contribution >= 4 is 104 Å². The molecule has 0 saturated heterocycles. The molecule has 0 radical (unpaired) electrons. The van der Waals surface area contributed by atoms with Gasteiger partial charge in [0.1, 0.15) is 10.9 Å². The van der Waals surface area contributed by atoms with Crippen molar-refractivity contribution in [2.45, 2.75) is 10.1 Å². The molecule has 52 heavy (non-hydrogen) atoms. The number of rotatable bonds is 11. The Kier molecular flexibility index (Phi) is 12.3. The lowest BCUT2D eigenvalue weighted by atomic mass is 10.1. The first-order chi connectivity index (χ1) is 25.1. The van der Waals surface area contributed by atoms with E-state index in [1.807, 2.05) is 41.8 Å². The van der Waals surface area contributed by atoms with Crippen LogP contribution in [0.4, 0.5) is 10.8 Å². The second-order valence-corrected chi connectivity index (χ2v) is 14.7. The van der Waals surface area contributed by atoms with Crippen LogP contribution in [0.1, 0.15) is 26.7 Å². The minimum absolute atomic E-state index is 0.0624.